The molecule has 0 aromatic heterocycles. The number of rotatable bonds is 4. The first kappa shape index (κ1) is 19.8. The molecule has 0 spiro atoms. The third-order valence-electron chi connectivity index (χ3n) is 4.56. The lowest BCUT2D eigenvalue weighted by atomic mass is 10.1. The second-order valence-electron chi connectivity index (χ2n) is 6.52. The van der Waals surface area contributed by atoms with Crippen molar-refractivity contribution < 1.29 is 17.6 Å². The first-order valence-electron chi connectivity index (χ1n) is 8.66. The maximum Gasteiger partial charge on any atom is 0.255 e. The first-order chi connectivity index (χ1) is 12.8. The van der Waals surface area contributed by atoms with E-state index in [9.17, 15) is 17.6 Å². The lowest BCUT2D eigenvalue weighted by molar-refractivity contribution is 0.102. The fourth-order valence-corrected chi connectivity index (χ4v) is 4.99. The molecule has 0 saturated carbocycles. The van der Waals surface area contributed by atoms with Crippen LogP contribution in [-0.4, -0.2) is 31.7 Å². The van der Waals surface area contributed by atoms with E-state index >= 15 is 0 Å². The molecule has 1 amide bonds. The van der Waals surface area contributed by atoms with E-state index in [1.807, 2.05) is 0 Å². The van der Waals surface area contributed by atoms with Crippen LogP contribution >= 0.6 is 11.6 Å². The van der Waals surface area contributed by atoms with E-state index in [2.05, 4.69) is 5.32 Å². The molecule has 0 unspecified atom stereocenters. The number of halogens is 2. The molecule has 1 heterocycles. The van der Waals surface area contributed by atoms with Crippen LogP contribution in [0.5, 0.6) is 0 Å². The number of nitrogens with zero attached hydrogens (tertiary/aromatic N) is 1. The summed E-state index contributed by atoms with van der Waals surface area (Å²) in [6.45, 7) is 2.65. The summed E-state index contributed by atoms with van der Waals surface area (Å²) < 4.78 is 41.2. The van der Waals surface area contributed by atoms with Crippen LogP contribution < -0.4 is 5.32 Å². The quantitative estimate of drug-likeness (QED) is 0.820. The van der Waals surface area contributed by atoms with Crippen molar-refractivity contribution >= 4 is 33.2 Å². The molecule has 27 heavy (non-hydrogen) atoms. The number of benzene rings is 2. The van der Waals surface area contributed by atoms with Crippen LogP contribution in [0.3, 0.4) is 0 Å². The van der Waals surface area contributed by atoms with E-state index in [1.54, 1.807) is 13.0 Å². The summed E-state index contributed by atoms with van der Waals surface area (Å²) in [5.41, 5.74) is 0.634. The maximum absolute atomic E-state index is 13.8. The average molecular weight is 411 g/mol. The molecule has 1 aliphatic heterocycles. The summed E-state index contributed by atoms with van der Waals surface area (Å²) in [6, 6.07) is 8.27. The minimum atomic E-state index is -3.68. The highest BCUT2D eigenvalue weighted by Crippen LogP contribution is 2.25. The van der Waals surface area contributed by atoms with Gasteiger partial charge in [0.25, 0.3) is 5.91 Å². The molecule has 5 nitrogen and oxygen atoms in total. The number of carbonyl (C=O) groups is 1. The molecular weight excluding hydrogens is 391 g/mol. The van der Waals surface area contributed by atoms with E-state index in [1.165, 1.54) is 28.6 Å². The van der Waals surface area contributed by atoms with E-state index in [0.717, 1.165) is 25.3 Å². The van der Waals surface area contributed by atoms with Crippen molar-refractivity contribution in [3.63, 3.8) is 0 Å². The van der Waals surface area contributed by atoms with Crippen molar-refractivity contribution in [1.82, 2.24) is 4.31 Å². The van der Waals surface area contributed by atoms with Crippen LogP contribution in [0.2, 0.25) is 5.02 Å². The standard InChI is InChI=1S/C19H20ClFN2O3S/c1-13-5-6-14(19(24)22-17-12-15(20)7-8-16(17)21)11-18(13)27(25,26)23-9-3-2-4-10-23/h5-8,11-12H,2-4,9-10H2,1H3,(H,22,24). The van der Waals surface area contributed by atoms with Gasteiger partial charge in [-0.2, -0.15) is 4.31 Å². The highest BCUT2D eigenvalue weighted by atomic mass is 35.5. The van der Waals surface area contributed by atoms with Gasteiger partial charge in [0.2, 0.25) is 10.0 Å². The third-order valence-corrected chi connectivity index (χ3v) is 6.84. The summed E-state index contributed by atoms with van der Waals surface area (Å²) in [6.07, 6.45) is 2.66. The van der Waals surface area contributed by atoms with Gasteiger partial charge in [-0.15, -0.1) is 0 Å². The van der Waals surface area contributed by atoms with Gasteiger partial charge in [0.1, 0.15) is 5.82 Å². The Kier molecular flexibility index (Phi) is 5.83. The Labute approximate surface area is 163 Å². The Hall–Kier alpha value is -1.96. The number of carbonyl (C=O) groups excluding carboxylic acids is 1. The zero-order chi connectivity index (χ0) is 19.6. The van der Waals surface area contributed by atoms with E-state index in [4.69, 9.17) is 11.6 Å². The fourth-order valence-electron chi connectivity index (χ4n) is 3.05. The molecule has 0 bridgehead atoms. The molecule has 1 fully saturated rings. The van der Waals surface area contributed by atoms with Gasteiger partial charge in [-0.3, -0.25) is 4.79 Å². The molecule has 2 aromatic carbocycles. The van der Waals surface area contributed by atoms with Crippen LogP contribution in [-0.2, 0) is 10.0 Å². The van der Waals surface area contributed by atoms with Gasteiger partial charge >= 0.3 is 0 Å². The smallest absolute Gasteiger partial charge is 0.255 e. The number of nitrogens with one attached hydrogen (secondary N) is 1. The molecule has 0 aliphatic carbocycles. The topological polar surface area (TPSA) is 66.5 Å². The van der Waals surface area contributed by atoms with Crippen molar-refractivity contribution in [3.8, 4) is 0 Å². The second-order valence-corrected chi connectivity index (χ2v) is 8.87. The largest absolute Gasteiger partial charge is 0.319 e. The summed E-state index contributed by atoms with van der Waals surface area (Å²) in [4.78, 5) is 12.6. The normalized spacial score (nSPS) is 15.5. The molecular formula is C19H20ClFN2O3S. The molecule has 1 saturated heterocycles. The number of hydrogen-bond donors (Lipinski definition) is 1. The van der Waals surface area contributed by atoms with Crippen LogP contribution in [0.4, 0.5) is 10.1 Å². The molecule has 0 atom stereocenters. The highest BCUT2D eigenvalue weighted by Gasteiger charge is 2.28. The van der Waals surface area contributed by atoms with E-state index in [-0.39, 0.29) is 21.2 Å². The number of anilines is 1. The van der Waals surface area contributed by atoms with Crippen molar-refractivity contribution in [2.24, 2.45) is 0 Å². The molecule has 0 radical (unpaired) electrons. The lowest BCUT2D eigenvalue weighted by Crippen LogP contribution is -2.36. The molecule has 1 aliphatic rings. The van der Waals surface area contributed by atoms with Crippen LogP contribution in [0.15, 0.2) is 41.3 Å². The average Bonchev–Trinajstić information content (AvgIpc) is 2.65. The Balaban J connectivity index is 1.90. The van der Waals surface area contributed by atoms with E-state index < -0.39 is 21.7 Å². The number of hydrogen-bond acceptors (Lipinski definition) is 3. The predicted octanol–water partition coefficient (Wildman–Crippen LogP) is 4.21. The van der Waals surface area contributed by atoms with Crippen LogP contribution in [0, 0.1) is 12.7 Å². The lowest BCUT2D eigenvalue weighted by Gasteiger charge is -2.26. The summed E-state index contributed by atoms with van der Waals surface area (Å²) in [7, 11) is -3.68. The SMILES string of the molecule is Cc1ccc(C(=O)Nc2cc(Cl)ccc2F)cc1S(=O)(=O)N1CCCCC1. The zero-order valence-corrected chi connectivity index (χ0v) is 16.4. The second kappa shape index (κ2) is 7.96. The number of sulfonamides is 1. The van der Waals surface area contributed by atoms with Gasteiger partial charge in [0.05, 0.1) is 10.6 Å². The fraction of sp³-hybridized carbons (Fsp3) is 0.316. The Morgan fingerprint density at radius 3 is 2.52 bits per heavy atom. The van der Waals surface area contributed by atoms with Gasteiger partial charge in [-0.1, -0.05) is 24.1 Å². The van der Waals surface area contributed by atoms with Crippen molar-refractivity contribution in [3.05, 3.63) is 58.4 Å². The first-order valence-corrected chi connectivity index (χ1v) is 10.5. The molecule has 1 N–H and O–H groups in total. The number of piperidine rings is 1. The Morgan fingerprint density at radius 1 is 1.11 bits per heavy atom. The van der Waals surface area contributed by atoms with Crippen LogP contribution in [0.1, 0.15) is 35.2 Å². The molecule has 8 heteroatoms. The van der Waals surface area contributed by atoms with Crippen molar-refractivity contribution in [2.75, 3.05) is 18.4 Å². The van der Waals surface area contributed by atoms with Crippen molar-refractivity contribution in [1.29, 1.82) is 0 Å². The van der Waals surface area contributed by atoms with Crippen LogP contribution in [0.25, 0.3) is 0 Å². The minimum Gasteiger partial charge on any atom is -0.319 e. The number of amides is 1. The van der Waals surface area contributed by atoms with Crippen molar-refractivity contribution in [2.45, 2.75) is 31.1 Å². The third kappa shape index (κ3) is 4.31. The molecule has 144 valence electrons. The van der Waals surface area contributed by atoms with E-state index in [0.29, 0.717) is 18.7 Å². The maximum atomic E-state index is 13.8. The number of aryl methyl sites for hydroxylation is 1. The molecule has 2 aromatic rings. The van der Waals surface area contributed by atoms with Gasteiger partial charge in [-0.05, 0) is 55.7 Å². The Morgan fingerprint density at radius 2 is 1.81 bits per heavy atom. The van der Waals surface area contributed by atoms with Gasteiger partial charge in [-0.25, -0.2) is 12.8 Å². The Bertz CT molecular complexity index is 973. The van der Waals surface area contributed by atoms with Gasteiger partial charge in [0, 0.05) is 23.7 Å². The van der Waals surface area contributed by atoms with Gasteiger partial charge in [0.15, 0.2) is 0 Å². The monoisotopic (exact) mass is 410 g/mol. The summed E-state index contributed by atoms with van der Waals surface area (Å²) >= 11 is 5.84. The summed E-state index contributed by atoms with van der Waals surface area (Å²) in [5.74, 6) is -1.23. The summed E-state index contributed by atoms with van der Waals surface area (Å²) in [5, 5.41) is 2.72. The zero-order valence-electron chi connectivity index (χ0n) is 14.8. The molecule has 3 rings (SSSR count). The van der Waals surface area contributed by atoms with Gasteiger partial charge < -0.3 is 5.32 Å². The minimum absolute atomic E-state index is 0.0616. The highest BCUT2D eigenvalue weighted by molar-refractivity contribution is 7.89. The predicted molar refractivity (Wildman–Crippen MR) is 103 cm³/mol.